The zero-order chi connectivity index (χ0) is 20.7. The fourth-order valence-electron chi connectivity index (χ4n) is 2.70. The molecule has 148 valence electrons. The first kappa shape index (κ1) is 21.4. The molecule has 6 nitrogen and oxygen atoms in total. The predicted molar refractivity (Wildman–Crippen MR) is 112 cm³/mol. The third kappa shape index (κ3) is 4.86. The van der Waals surface area contributed by atoms with Crippen molar-refractivity contribution in [2.45, 2.75) is 20.8 Å². The lowest BCUT2D eigenvalue weighted by Gasteiger charge is -2.17. The highest BCUT2D eigenvalue weighted by Crippen LogP contribution is 2.34. The Balaban J connectivity index is 2.33. The molecule has 7 heteroatoms. The largest absolute Gasteiger partial charge is 0.465 e. The lowest BCUT2D eigenvalue weighted by Crippen LogP contribution is -2.30. The van der Waals surface area contributed by atoms with Gasteiger partial charge >= 0.3 is 5.97 Å². The van der Waals surface area contributed by atoms with Gasteiger partial charge in [0.25, 0.3) is 5.91 Å². The van der Waals surface area contributed by atoms with E-state index in [-0.39, 0.29) is 11.5 Å². The van der Waals surface area contributed by atoms with Gasteiger partial charge in [0, 0.05) is 19.2 Å². The lowest BCUT2D eigenvalue weighted by molar-refractivity contribution is -0.111. The van der Waals surface area contributed by atoms with Crippen LogP contribution in [-0.4, -0.2) is 42.9 Å². The van der Waals surface area contributed by atoms with Crippen molar-refractivity contribution in [3.8, 4) is 0 Å². The summed E-state index contributed by atoms with van der Waals surface area (Å²) in [6.45, 7) is 6.59. The predicted octanol–water partition coefficient (Wildman–Crippen LogP) is 3.98. The van der Waals surface area contributed by atoms with E-state index >= 15 is 0 Å². The number of hydrogen-bond donors (Lipinski definition) is 1. The number of esters is 1. The Hall–Kier alpha value is -2.93. The minimum absolute atomic E-state index is 0.169. The van der Waals surface area contributed by atoms with Crippen molar-refractivity contribution < 1.29 is 19.1 Å². The van der Waals surface area contributed by atoms with Gasteiger partial charge in [0.2, 0.25) is 5.91 Å². The number of anilines is 1. The van der Waals surface area contributed by atoms with Gasteiger partial charge in [-0.25, -0.2) is 4.79 Å². The van der Waals surface area contributed by atoms with Crippen LogP contribution in [0.2, 0.25) is 0 Å². The number of benzene rings is 1. The Bertz CT molecular complexity index is 883. The molecule has 1 heterocycles. The first-order valence-electron chi connectivity index (χ1n) is 8.97. The van der Waals surface area contributed by atoms with E-state index in [0.717, 1.165) is 16.9 Å². The van der Waals surface area contributed by atoms with E-state index < -0.39 is 11.9 Å². The molecule has 2 rings (SSSR count). The number of methoxy groups -OCH3 is 1. The number of hydrogen-bond acceptors (Lipinski definition) is 5. The Morgan fingerprint density at radius 3 is 2.36 bits per heavy atom. The highest BCUT2D eigenvalue weighted by molar-refractivity contribution is 7.18. The van der Waals surface area contributed by atoms with Crippen molar-refractivity contribution in [1.82, 2.24) is 4.90 Å². The van der Waals surface area contributed by atoms with Crippen LogP contribution >= 0.6 is 11.3 Å². The third-order valence-corrected chi connectivity index (χ3v) is 5.44. The Labute approximate surface area is 168 Å². The molecule has 0 unspecified atom stereocenters. The summed E-state index contributed by atoms with van der Waals surface area (Å²) < 4.78 is 4.85. The van der Waals surface area contributed by atoms with Crippen LogP contribution in [0, 0.1) is 6.92 Å². The van der Waals surface area contributed by atoms with E-state index in [1.165, 1.54) is 13.2 Å². The fourth-order valence-corrected chi connectivity index (χ4v) is 3.86. The molecule has 0 saturated carbocycles. The number of carbonyl (C=O) groups excluding carboxylic acids is 3. The maximum atomic E-state index is 12.8. The average Bonchev–Trinajstić information content (AvgIpc) is 3.03. The molecule has 2 amide bonds. The van der Waals surface area contributed by atoms with Crippen LogP contribution in [0.3, 0.4) is 0 Å². The zero-order valence-corrected chi connectivity index (χ0v) is 17.3. The second kappa shape index (κ2) is 9.85. The van der Waals surface area contributed by atoms with Crippen molar-refractivity contribution >= 4 is 40.2 Å². The zero-order valence-electron chi connectivity index (χ0n) is 16.4. The number of nitrogens with zero attached hydrogens (tertiary/aromatic N) is 1. The normalized spacial score (nSPS) is 10.7. The highest BCUT2D eigenvalue weighted by Gasteiger charge is 2.27. The molecule has 0 aliphatic rings. The maximum absolute atomic E-state index is 12.8. The quantitative estimate of drug-likeness (QED) is 0.563. The van der Waals surface area contributed by atoms with Gasteiger partial charge in [0.05, 0.1) is 17.6 Å². The summed E-state index contributed by atoms with van der Waals surface area (Å²) in [5.41, 5.74) is 1.60. The molecule has 0 atom stereocenters. The van der Waals surface area contributed by atoms with Crippen LogP contribution in [0.15, 0.2) is 36.4 Å². The molecule has 0 aliphatic heterocycles. The smallest absolute Gasteiger partial charge is 0.341 e. The summed E-state index contributed by atoms with van der Waals surface area (Å²) in [7, 11) is 1.27. The first-order chi connectivity index (χ1) is 13.4. The number of nitrogens with one attached hydrogen (secondary N) is 1. The average molecular weight is 401 g/mol. The van der Waals surface area contributed by atoms with Crippen molar-refractivity contribution in [3.63, 3.8) is 0 Å². The van der Waals surface area contributed by atoms with E-state index in [1.54, 1.807) is 17.9 Å². The Morgan fingerprint density at radius 1 is 1.14 bits per heavy atom. The number of rotatable bonds is 7. The van der Waals surface area contributed by atoms with Crippen LogP contribution in [0.5, 0.6) is 0 Å². The highest BCUT2D eigenvalue weighted by atomic mass is 32.1. The van der Waals surface area contributed by atoms with Crippen LogP contribution in [-0.2, 0) is 9.53 Å². The Morgan fingerprint density at radius 2 is 1.79 bits per heavy atom. The van der Waals surface area contributed by atoms with Gasteiger partial charge in [-0.3, -0.25) is 9.59 Å². The molecule has 0 fully saturated rings. The van der Waals surface area contributed by atoms with Gasteiger partial charge in [-0.15, -0.1) is 11.3 Å². The number of ether oxygens (including phenoxy) is 1. The summed E-state index contributed by atoms with van der Waals surface area (Å²) >= 11 is 1.09. The van der Waals surface area contributed by atoms with Crippen LogP contribution in [0.1, 0.15) is 45.0 Å². The first-order valence-corrected chi connectivity index (χ1v) is 9.79. The molecular formula is C21H24N2O4S. The fraction of sp³-hybridized carbons (Fsp3) is 0.286. The molecule has 1 aromatic carbocycles. The van der Waals surface area contributed by atoms with E-state index in [1.807, 2.05) is 44.2 Å². The number of thiophene rings is 1. The van der Waals surface area contributed by atoms with E-state index in [2.05, 4.69) is 5.32 Å². The molecule has 0 saturated heterocycles. The topological polar surface area (TPSA) is 75.7 Å². The van der Waals surface area contributed by atoms with Crippen molar-refractivity contribution in [2.24, 2.45) is 0 Å². The molecule has 0 radical (unpaired) electrons. The van der Waals surface area contributed by atoms with Crippen molar-refractivity contribution in [2.75, 3.05) is 25.5 Å². The summed E-state index contributed by atoms with van der Waals surface area (Å²) in [4.78, 5) is 39.4. The summed E-state index contributed by atoms with van der Waals surface area (Å²) in [5, 5.41) is 3.02. The number of amides is 2. The van der Waals surface area contributed by atoms with Gasteiger partial charge in [-0.05, 0) is 38.0 Å². The second-order valence-electron chi connectivity index (χ2n) is 5.96. The standard InChI is InChI=1S/C21H24N2O4S/c1-5-23(6-2)20(25)18-14(3)17(21(26)27-4)19(28-18)22-16(24)13-12-15-10-8-7-9-11-15/h7-13H,5-6H2,1-4H3,(H,22,24)/b13-12+. The van der Waals surface area contributed by atoms with E-state index in [4.69, 9.17) is 4.74 Å². The SMILES string of the molecule is CCN(CC)C(=O)c1sc(NC(=O)/C=C/c2ccccc2)c(C(=O)OC)c1C. The van der Waals surface area contributed by atoms with Gasteiger partial charge in [-0.1, -0.05) is 30.3 Å². The molecule has 2 aromatic rings. The van der Waals surface area contributed by atoms with Gasteiger partial charge in [0.15, 0.2) is 0 Å². The molecule has 0 bridgehead atoms. The van der Waals surface area contributed by atoms with Gasteiger partial charge in [-0.2, -0.15) is 0 Å². The molecule has 28 heavy (non-hydrogen) atoms. The maximum Gasteiger partial charge on any atom is 0.341 e. The third-order valence-electron chi connectivity index (χ3n) is 4.24. The molecule has 1 aromatic heterocycles. The summed E-state index contributed by atoms with van der Waals surface area (Å²) in [5.74, 6) is -1.15. The van der Waals surface area contributed by atoms with Crippen LogP contribution in [0.25, 0.3) is 6.08 Å². The van der Waals surface area contributed by atoms with Crippen LogP contribution < -0.4 is 5.32 Å². The van der Waals surface area contributed by atoms with Gasteiger partial charge in [0.1, 0.15) is 5.00 Å². The molecule has 1 N–H and O–H groups in total. The molecular weight excluding hydrogens is 376 g/mol. The lowest BCUT2D eigenvalue weighted by atomic mass is 10.1. The number of carbonyl (C=O) groups is 3. The summed E-state index contributed by atoms with van der Waals surface area (Å²) in [6.07, 6.45) is 3.06. The Kier molecular flexibility index (Phi) is 7.52. The van der Waals surface area contributed by atoms with E-state index in [0.29, 0.717) is 28.5 Å². The van der Waals surface area contributed by atoms with Gasteiger partial charge < -0.3 is 15.0 Å². The monoisotopic (exact) mass is 400 g/mol. The summed E-state index contributed by atoms with van der Waals surface area (Å²) in [6, 6.07) is 9.39. The minimum Gasteiger partial charge on any atom is -0.465 e. The molecule has 0 spiro atoms. The van der Waals surface area contributed by atoms with E-state index in [9.17, 15) is 14.4 Å². The van der Waals surface area contributed by atoms with Crippen molar-refractivity contribution in [3.05, 3.63) is 58.0 Å². The second-order valence-corrected chi connectivity index (χ2v) is 6.98. The van der Waals surface area contributed by atoms with Crippen molar-refractivity contribution in [1.29, 1.82) is 0 Å². The minimum atomic E-state index is -0.588. The van der Waals surface area contributed by atoms with Crippen LogP contribution in [0.4, 0.5) is 5.00 Å². The molecule has 0 aliphatic carbocycles.